The molecule has 0 heterocycles. The molecule has 3 nitrogen and oxygen atoms in total. The van der Waals surface area contributed by atoms with Gasteiger partial charge in [-0.1, -0.05) is 42.5 Å². The second-order valence-electron chi connectivity index (χ2n) is 3.67. The van der Waals surface area contributed by atoms with Crippen LogP contribution in [0.15, 0.2) is 53.7 Å². The van der Waals surface area contributed by atoms with Crippen LogP contribution in [0, 0.1) is 0 Å². The van der Waals surface area contributed by atoms with Crippen molar-refractivity contribution in [1.82, 2.24) is 10.7 Å². The van der Waals surface area contributed by atoms with E-state index in [0.717, 1.165) is 11.1 Å². The lowest BCUT2D eigenvalue weighted by molar-refractivity contribution is 0.941. The van der Waals surface area contributed by atoms with E-state index in [1.807, 2.05) is 43.3 Å². The van der Waals surface area contributed by atoms with Gasteiger partial charge in [0.25, 0.3) is 0 Å². The predicted molar refractivity (Wildman–Crippen MR) is 82.5 cm³/mol. The summed E-state index contributed by atoms with van der Waals surface area (Å²) in [5.41, 5.74) is 4.92. The number of hydrazone groups is 1. The number of thiocarbonyl (C=S) groups is 1. The number of hydrogen-bond donors (Lipinski definition) is 2. The van der Waals surface area contributed by atoms with E-state index < -0.39 is 0 Å². The molecule has 0 aliphatic rings. The fourth-order valence-electron chi connectivity index (χ4n) is 1.25. The van der Waals surface area contributed by atoms with E-state index in [4.69, 9.17) is 12.2 Å². The minimum Gasteiger partial charge on any atom is -0.358 e. The molecular weight excluding hydrogens is 242 g/mol. The van der Waals surface area contributed by atoms with Crippen LogP contribution in [0.25, 0.3) is 6.08 Å². The van der Waals surface area contributed by atoms with Crippen molar-refractivity contribution in [3.63, 3.8) is 0 Å². The van der Waals surface area contributed by atoms with Gasteiger partial charge >= 0.3 is 0 Å². The monoisotopic (exact) mass is 259 g/mol. The van der Waals surface area contributed by atoms with Crippen LogP contribution in [0.5, 0.6) is 0 Å². The largest absolute Gasteiger partial charge is 0.358 e. The van der Waals surface area contributed by atoms with Crippen LogP contribution in [-0.2, 0) is 0 Å². The molecule has 0 aliphatic carbocycles. The molecule has 0 unspecified atom stereocenters. The van der Waals surface area contributed by atoms with Crippen molar-refractivity contribution in [2.45, 2.75) is 6.92 Å². The van der Waals surface area contributed by atoms with Crippen molar-refractivity contribution in [3.8, 4) is 0 Å². The number of benzene rings is 1. The highest BCUT2D eigenvalue weighted by molar-refractivity contribution is 7.80. The van der Waals surface area contributed by atoms with Gasteiger partial charge in [-0.3, -0.25) is 5.43 Å². The van der Waals surface area contributed by atoms with Crippen LogP contribution in [0.1, 0.15) is 12.5 Å². The van der Waals surface area contributed by atoms with Crippen molar-refractivity contribution in [2.75, 3.05) is 6.54 Å². The fraction of sp³-hybridized carbons (Fsp3) is 0.143. The summed E-state index contributed by atoms with van der Waals surface area (Å²) in [5.74, 6) is 0. The van der Waals surface area contributed by atoms with E-state index in [1.165, 1.54) is 0 Å². The van der Waals surface area contributed by atoms with Crippen molar-refractivity contribution in [2.24, 2.45) is 5.10 Å². The Bertz CT molecular complexity index is 449. The quantitative estimate of drug-likeness (QED) is 0.369. The first-order chi connectivity index (χ1) is 8.72. The fourth-order valence-corrected chi connectivity index (χ4v) is 1.38. The topological polar surface area (TPSA) is 36.4 Å². The Balaban J connectivity index is 2.44. The second kappa shape index (κ2) is 8.20. The average molecular weight is 259 g/mol. The number of allylic oxidation sites excluding steroid dienone is 1. The van der Waals surface area contributed by atoms with Crippen LogP contribution >= 0.6 is 12.2 Å². The molecule has 0 fully saturated rings. The maximum Gasteiger partial charge on any atom is 0.187 e. The summed E-state index contributed by atoms with van der Waals surface area (Å²) >= 11 is 5.00. The van der Waals surface area contributed by atoms with E-state index in [1.54, 1.807) is 12.3 Å². The molecule has 2 N–H and O–H groups in total. The Hall–Kier alpha value is -1.94. The third kappa shape index (κ3) is 5.96. The molecule has 1 aromatic rings. The van der Waals surface area contributed by atoms with Crippen LogP contribution in [-0.4, -0.2) is 17.9 Å². The minimum absolute atomic E-state index is 0.485. The first-order valence-electron chi connectivity index (χ1n) is 5.63. The number of nitrogens with zero attached hydrogens (tertiary/aromatic N) is 1. The Morgan fingerprint density at radius 1 is 1.39 bits per heavy atom. The lowest BCUT2D eigenvalue weighted by Crippen LogP contribution is -2.31. The Morgan fingerprint density at radius 3 is 2.78 bits per heavy atom. The second-order valence-corrected chi connectivity index (χ2v) is 4.08. The molecule has 0 saturated heterocycles. The van der Waals surface area contributed by atoms with Crippen molar-refractivity contribution in [1.29, 1.82) is 0 Å². The van der Waals surface area contributed by atoms with Gasteiger partial charge in [0.05, 0.1) is 6.21 Å². The maximum absolute atomic E-state index is 5.00. The molecule has 0 aliphatic heterocycles. The van der Waals surface area contributed by atoms with E-state index in [-0.39, 0.29) is 0 Å². The summed E-state index contributed by atoms with van der Waals surface area (Å²) in [6.07, 6.45) is 5.51. The van der Waals surface area contributed by atoms with Gasteiger partial charge in [0.15, 0.2) is 5.11 Å². The zero-order valence-corrected chi connectivity index (χ0v) is 11.2. The summed E-state index contributed by atoms with van der Waals surface area (Å²) in [5, 5.41) is 7.45. The lowest BCUT2D eigenvalue weighted by atomic mass is 10.1. The minimum atomic E-state index is 0.485. The first-order valence-corrected chi connectivity index (χ1v) is 6.04. The molecule has 0 radical (unpaired) electrons. The summed E-state index contributed by atoms with van der Waals surface area (Å²) in [6.45, 7) is 6.20. The molecule has 0 amide bonds. The van der Waals surface area contributed by atoms with Crippen LogP contribution in [0.2, 0.25) is 0 Å². The molecule has 1 aromatic carbocycles. The number of nitrogens with one attached hydrogen (secondary N) is 2. The van der Waals surface area contributed by atoms with Crippen molar-refractivity contribution in [3.05, 3.63) is 54.1 Å². The summed E-state index contributed by atoms with van der Waals surface area (Å²) in [7, 11) is 0. The first kappa shape index (κ1) is 14.1. The smallest absolute Gasteiger partial charge is 0.187 e. The Kier molecular flexibility index (Phi) is 6.43. The van der Waals surface area contributed by atoms with E-state index in [9.17, 15) is 0 Å². The summed E-state index contributed by atoms with van der Waals surface area (Å²) in [4.78, 5) is 0. The molecule has 0 spiro atoms. The van der Waals surface area contributed by atoms with Crippen LogP contribution in [0.3, 0.4) is 0 Å². The maximum atomic E-state index is 5.00. The SMILES string of the molecule is C=CCNC(=S)N/N=C/C(C)=C/c1ccccc1. The molecule has 0 atom stereocenters. The van der Waals surface area contributed by atoms with Gasteiger partial charge in [0.2, 0.25) is 0 Å². The highest BCUT2D eigenvalue weighted by atomic mass is 32.1. The average Bonchev–Trinajstić information content (AvgIpc) is 2.37. The molecule has 0 saturated carbocycles. The van der Waals surface area contributed by atoms with Gasteiger partial charge in [-0.05, 0) is 30.3 Å². The van der Waals surface area contributed by atoms with Gasteiger partial charge in [0, 0.05) is 6.54 Å². The molecule has 1 rings (SSSR count). The van der Waals surface area contributed by atoms with Crippen LogP contribution < -0.4 is 10.7 Å². The zero-order valence-electron chi connectivity index (χ0n) is 10.4. The van der Waals surface area contributed by atoms with E-state index in [2.05, 4.69) is 22.4 Å². The normalized spacial score (nSPS) is 11.3. The molecular formula is C14H17N3S. The molecule has 18 heavy (non-hydrogen) atoms. The van der Waals surface area contributed by atoms with Gasteiger partial charge in [-0.15, -0.1) is 6.58 Å². The van der Waals surface area contributed by atoms with Gasteiger partial charge in [-0.2, -0.15) is 5.10 Å². The standard InChI is InChI=1S/C14H17N3S/c1-3-9-15-14(18)17-16-11-12(2)10-13-7-5-4-6-8-13/h3-8,10-11H,1,9H2,2H3,(H2,15,17,18)/b12-10+,16-11+. The molecule has 94 valence electrons. The summed E-state index contributed by atoms with van der Waals surface area (Å²) in [6, 6.07) is 10.1. The highest BCUT2D eigenvalue weighted by Gasteiger charge is 1.89. The Morgan fingerprint density at radius 2 is 2.11 bits per heavy atom. The van der Waals surface area contributed by atoms with E-state index in [0.29, 0.717) is 11.7 Å². The highest BCUT2D eigenvalue weighted by Crippen LogP contribution is 2.04. The third-order valence-electron chi connectivity index (χ3n) is 2.04. The zero-order chi connectivity index (χ0) is 13.2. The summed E-state index contributed by atoms with van der Waals surface area (Å²) < 4.78 is 0. The van der Waals surface area contributed by atoms with Gasteiger partial charge < -0.3 is 5.32 Å². The number of hydrogen-bond acceptors (Lipinski definition) is 2. The van der Waals surface area contributed by atoms with Crippen LogP contribution in [0.4, 0.5) is 0 Å². The van der Waals surface area contributed by atoms with Gasteiger partial charge in [-0.25, -0.2) is 0 Å². The predicted octanol–water partition coefficient (Wildman–Crippen LogP) is 2.73. The Labute approximate surface area is 113 Å². The van der Waals surface area contributed by atoms with E-state index >= 15 is 0 Å². The third-order valence-corrected chi connectivity index (χ3v) is 2.27. The molecule has 4 heteroatoms. The lowest BCUT2D eigenvalue weighted by Gasteiger charge is -2.03. The van der Waals surface area contributed by atoms with Crippen molar-refractivity contribution >= 4 is 29.6 Å². The molecule has 0 bridgehead atoms. The molecule has 0 aromatic heterocycles. The van der Waals surface area contributed by atoms with Gasteiger partial charge in [0.1, 0.15) is 0 Å². The van der Waals surface area contributed by atoms with Crippen molar-refractivity contribution < 1.29 is 0 Å². The number of rotatable bonds is 5.